The van der Waals surface area contributed by atoms with Crippen LogP contribution in [0.4, 0.5) is 0 Å². The third-order valence-electron chi connectivity index (χ3n) is 4.43. The molecule has 1 aromatic heterocycles. The Morgan fingerprint density at radius 3 is 2.81 bits per heavy atom. The molecule has 1 amide bonds. The number of carbonyl (C=O) groups excluding carboxylic acids is 1. The molecule has 5 nitrogen and oxygen atoms in total. The van der Waals surface area contributed by atoms with Gasteiger partial charge in [-0.05, 0) is 18.2 Å². The molecule has 1 aliphatic heterocycles. The molecule has 0 saturated carbocycles. The predicted octanol–water partition coefficient (Wildman–Crippen LogP) is 3.69. The molecule has 1 fully saturated rings. The fraction of sp³-hybridized carbons (Fsp3) is 0.200. The van der Waals surface area contributed by atoms with Crippen LogP contribution in [0.3, 0.4) is 0 Å². The molecule has 2 heterocycles. The van der Waals surface area contributed by atoms with Crippen LogP contribution in [0.2, 0.25) is 0 Å². The maximum Gasteiger partial charge on any atom is 0.349 e. The molecule has 3 aromatic rings. The van der Waals surface area contributed by atoms with Crippen LogP contribution in [-0.2, 0) is 0 Å². The lowest BCUT2D eigenvalue weighted by Gasteiger charge is -2.25. The molecule has 26 heavy (non-hydrogen) atoms. The van der Waals surface area contributed by atoms with Crippen LogP contribution in [0, 0.1) is 0 Å². The van der Waals surface area contributed by atoms with Crippen molar-refractivity contribution in [2.45, 2.75) is 5.37 Å². The van der Waals surface area contributed by atoms with Crippen LogP contribution in [-0.4, -0.2) is 30.2 Å². The Morgan fingerprint density at radius 1 is 1.19 bits per heavy atom. The summed E-state index contributed by atoms with van der Waals surface area (Å²) in [4.78, 5) is 27.2. The normalized spacial score (nSPS) is 16.8. The van der Waals surface area contributed by atoms with Crippen molar-refractivity contribution >= 4 is 28.6 Å². The van der Waals surface area contributed by atoms with E-state index in [1.807, 2.05) is 36.4 Å². The molecule has 132 valence electrons. The summed E-state index contributed by atoms with van der Waals surface area (Å²) >= 11 is 1.66. The highest BCUT2D eigenvalue weighted by Gasteiger charge is 2.34. The third kappa shape index (κ3) is 2.86. The van der Waals surface area contributed by atoms with Gasteiger partial charge in [0.05, 0.1) is 7.11 Å². The second-order valence-electron chi connectivity index (χ2n) is 5.95. The molecular formula is C20H17NO4S. The fourth-order valence-corrected chi connectivity index (χ4v) is 4.45. The average molecular weight is 367 g/mol. The molecule has 1 aliphatic rings. The molecule has 2 aromatic carbocycles. The van der Waals surface area contributed by atoms with Crippen LogP contribution >= 0.6 is 11.8 Å². The quantitative estimate of drug-likeness (QED) is 0.661. The van der Waals surface area contributed by atoms with E-state index in [-0.39, 0.29) is 16.8 Å². The van der Waals surface area contributed by atoms with Crippen molar-refractivity contribution < 1.29 is 13.9 Å². The number of ether oxygens (including phenoxy) is 1. The van der Waals surface area contributed by atoms with Crippen LogP contribution in [0.1, 0.15) is 21.3 Å². The molecule has 6 heteroatoms. The molecule has 1 atom stereocenters. The molecule has 4 rings (SSSR count). The van der Waals surface area contributed by atoms with Gasteiger partial charge in [0.2, 0.25) is 0 Å². The zero-order valence-corrected chi connectivity index (χ0v) is 15.0. The van der Waals surface area contributed by atoms with Crippen molar-refractivity contribution in [3.63, 3.8) is 0 Å². The number of amides is 1. The molecule has 0 N–H and O–H groups in total. The summed E-state index contributed by atoms with van der Waals surface area (Å²) in [6.07, 6.45) is 0. The van der Waals surface area contributed by atoms with Gasteiger partial charge in [-0.2, -0.15) is 0 Å². The lowest BCUT2D eigenvalue weighted by molar-refractivity contribution is 0.0755. The van der Waals surface area contributed by atoms with Gasteiger partial charge in [-0.1, -0.05) is 36.4 Å². The lowest BCUT2D eigenvalue weighted by Crippen LogP contribution is -2.33. The van der Waals surface area contributed by atoms with Gasteiger partial charge in [-0.3, -0.25) is 4.79 Å². The first-order valence-corrected chi connectivity index (χ1v) is 9.32. The zero-order chi connectivity index (χ0) is 18.1. The highest BCUT2D eigenvalue weighted by molar-refractivity contribution is 7.99. The molecule has 0 aliphatic carbocycles. The van der Waals surface area contributed by atoms with Gasteiger partial charge in [0.1, 0.15) is 22.3 Å². The van der Waals surface area contributed by atoms with Crippen molar-refractivity contribution in [2.75, 3.05) is 19.4 Å². The number of thioether (sulfide) groups is 1. The average Bonchev–Trinajstić information content (AvgIpc) is 3.16. The maximum atomic E-state index is 13.1. The maximum absolute atomic E-state index is 13.1. The predicted molar refractivity (Wildman–Crippen MR) is 102 cm³/mol. The number of carbonyl (C=O) groups is 1. The van der Waals surface area contributed by atoms with Gasteiger partial charge in [-0.25, -0.2) is 4.79 Å². The van der Waals surface area contributed by atoms with E-state index < -0.39 is 5.63 Å². The summed E-state index contributed by atoms with van der Waals surface area (Å²) in [5.74, 6) is 1.22. The second-order valence-corrected chi connectivity index (χ2v) is 7.14. The van der Waals surface area contributed by atoms with E-state index in [2.05, 4.69) is 0 Å². The van der Waals surface area contributed by atoms with Gasteiger partial charge >= 0.3 is 5.63 Å². The van der Waals surface area contributed by atoms with E-state index in [0.717, 1.165) is 22.5 Å². The number of fused-ring (bicyclic) bond motifs is 1. The summed E-state index contributed by atoms with van der Waals surface area (Å²) < 4.78 is 10.8. The van der Waals surface area contributed by atoms with Gasteiger partial charge < -0.3 is 14.1 Å². The van der Waals surface area contributed by atoms with E-state index in [1.165, 1.54) is 0 Å². The smallest absolute Gasteiger partial charge is 0.349 e. The van der Waals surface area contributed by atoms with Crippen LogP contribution in [0.15, 0.2) is 63.8 Å². The first-order chi connectivity index (χ1) is 12.7. The number of para-hydroxylation sites is 2. The molecule has 0 spiro atoms. The first-order valence-electron chi connectivity index (χ1n) is 8.27. The van der Waals surface area contributed by atoms with Crippen molar-refractivity contribution in [3.8, 4) is 5.75 Å². The Balaban J connectivity index is 1.73. The fourth-order valence-electron chi connectivity index (χ4n) is 3.17. The number of methoxy groups -OCH3 is 1. The van der Waals surface area contributed by atoms with E-state index in [1.54, 1.807) is 42.0 Å². The SMILES string of the molecule is COc1ccccc1C1SCCN1C(=O)c1cc2ccccc2oc1=O. The Labute approximate surface area is 154 Å². The second kappa shape index (κ2) is 6.88. The standard InChI is InChI=1S/C20H17NO4S/c1-24-17-9-5-3-7-14(17)19-21(10-11-26-19)18(22)15-12-13-6-2-4-8-16(13)25-20(15)23/h2-9,12,19H,10-11H2,1H3. The molecule has 1 unspecified atom stereocenters. The van der Waals surface area contributed by atoms with E-state index >= 15 is 0 Å². The van der Waals surface area contributed by atoms with Gasteiger partial charge in [-0.15, -0.1) is 11.8 Å². The van der Waals surface area contributed by atoms with Gasteiger partial charge in [0, 0.05) is 23.2 Å². The molecule has 0 radical (unpaired) electrons. The number of rotatable bonds is 3. The Morgan fingerprint density at radius 2 is 1.96 bits per heavy atom. The van der Waals surface area contributed by atoms with Crippen molar-refractivity contribution in [3.05, 3.63) is 76.1 Å². The summed E-state index contributed by atoms with van der Waals surface area (Å²) in [6, 6.07) is 16.4. The highest BCUT2D eigenvalue weighted by Crippen LogP contribution is 2.42. The Bertz CT molecular complexity index is 1030. The van der Waals surface area contributed by atoms with E-state index in [0.29, 0.717) is 12.1 Å². The van der Waals surface area contributed by atoms with E-state index in [4.69, 9.17) is 9.15 Å². The third-order valence-corrected chi connectivity index (χ3v) is 5.67. The lowest BCUT2D eigenvalue weighted by atomic mass is 10.1. The number of nitrogens with zero attached hydrogens (tertiary/aromatic N) is 1. The Kier molecular flexibility index (Phi) is 4.42. The van der Waals surface area contributed by atoms with Crippen LogP contribution < -0.4 is 10.4 Å². The first kappa shape index (κ1) is 16.7. The molecular weight excluding hydrogens is 350 g/mol. The number of benzene rings is 2. The van der Waals surface area contributed by atoms with Crippen molar-refractivity contribution in [2.24, 2.45) is 0 Å². The van der Waals surface area contributed by atoms with Crippen LogP contribution in [0.25, 0.3) is 11.0 Å². The van der Waals surface area contributed by atoms with Crippen LogP contribution in [0.5, 0.6) is 5.75 Å². The molecule has 0 bridgehead atoms. The minimum absolute atomic E-state index is 0.0612. The summed E-state index contributed by atoms with van der Waals surface area (Å²) in [7, 11) is 1.61. The number of hydrogen-bond donors (Lipinski definition) is 0. The highest BCUT2D eigenvalue weighted by atomic mass is 32.2. The summed E-state index contributed by atoms with van der Waals surface area (Å²) in [5.41, 5.74) is 0.859. The monoisotopic (exact) mass is 367 g/mol. The van der Waals surface area contributed by atoms with Crippen molar-refractivity contribution in [1.29, 1.82) is 0 Å². The minimum Gasteiger partial charge on any atom is -0.496 e. The van der Waals surface area contributed by atoms with Gasteiger partial charge in [0.15, 0.2) is 0 Å². The zero-order valence-electron chi connectivity index (χ0n) is 14.2. The molecule has 1 saturated heterocycles. The van der Waals surface area contributed by atoms with Gasteiger partial charge in [0.25, 0.3) is 5.91 Å². The van der Waals surface area contributed by atoms with Crippen molar-refractivity contribution in [1.82, 2.24) is 4.90 Å². The number of hydrogen-bond acceptors (Lipinski definition) is 5. The minimum atomic E-state index is -0.607. The van der Waals surface area contributed by atoms with E-state index in [9.17, 15) is 9.59 Å². The largest absolute Gasteiger partial charge is 0.496 e. The topological polar surface area (TPSA) is 59.8 Å². The summed E-state index contributed by atoms with van der Waals surface area (Å²) in [6.45, 7) is 0.568. The Hall–Kier alpha value is -2.73. The summed E-state index contributed by atoms with van der Waals surface area (Å²) in [5, 5.41) is 0.542.